The van der Waals surface area contributed by atoms with Crippen molar-refractivity contribution in [3.63, 3.8) is 0 Å². The van der Waals surface area contributed by atoms with Crippen LogP contribution in [-0.2, 0) is 6.54 Å². The molecule has 102 valence electrons. The van der Waals surface area contributed by atoms with Gasteiger partial charge in [-0.15, -0.1) is 0 Å². The van der Waals surface area contributed by atoms with Crippen LogP contribution in [0.25, 0.3) is 0 Å². The summed E-state index contributed by atoms with van der Waals surface area (Å²) in [5, 5.41) is 3.32. The molecule has 4 nitrogen and oxygen atoms in total. The van der Waals surface area contributed by atoms with Crippen molar-refractivity contribution >= 4 is 17.6 Å². The summed E-state index contributed by atoms with van der Waals surface area (Å²) in [7, 11) is 2.07. The van der Waals surface area contributed by atoms with Gasteiger partial charge in [0.15, 0.2) is 0 Å². The minimum absolute atomic E-state index is 0.471. The lowest BCUT2D eigenvalue weighted by atomic mass is 10.3. The molecule has 0 amide bonds. The molecule has 0 aliphatic heterocycles. The highest BCUT2D eigenvalue weighted by Crippen LogP contribution is 2.12. The molecule has 0 saturated heterocycles. The maximum atomic E-state index is 4.47. The van der Waals surface area contributed by atoms with Gasteiger partial charge >= 0.3 is 0 Å². The zero-order valence-electron chi connectivity index (χ0n) is 11.8. The topological polar surface area (TPSA) is 41.1 Å². The second-order valence-corrected chi connectivity index (χ2v) is 5.37. The summed E-state index contributed by atoms with van der Waals surface area (Å²) in [6, 6.07) is 0.471. The van der Waals surface area contributed by atoms with Crippen molar-refractivity contribution in [1.29, 1.82) is 0 Å². The fourth-order valence-corrected chi connectivity index (χ4v) is 2.30. The molecule has 1 aromatic rings. The maximum Gasteiger partial charge on any atom is 0.147 e. The summed E-state index contributed by atoms with van der Waals surface area (Å²) < 4.78 is 0. The molecule has 1 N–H and O–H groups in total. The van der Waals surface area contributed by atoms with E-state index in [0.717, 1.165) is 36.8 Å². The van der Waals surface area contributed by atoms with E-state index in [9.17, 15) is 0 Å². The first-order chi connectivity index (χ1) is 8.69. The second-order valence-electron chi connectivity index (χ2n) is 4.46. The first-order valence-electron chi connectivity index (χ1n) is 6.42. The van der Waals surface area contributed by atoms with E-state index in [-0.39, 0.29) is 0 Å². The monoisotopic (exact) mass is 268 g/mol. The molecule has 0 fully saturated rings. The Balaban J connectivity index is 2.53. The summed E-state index contributed by atoms with van der Waals surface area (Å²) in [5.41, 5.74) is 0.998. The zero-order chi connectivity index (χ0) is 13.4. The molecule has 1 rings (SSSR count). The summed E-state index contributed by atoms with van der Waals surface area (Å²) in [6.45, 7) is 6.18. The van der Waals surface area contributed by atoms with Crippen LogP contribution < -0.4 is 10.2 Å². The van der Waals surface area contributed by atoms with Crippen molar-refractivity contribution in [1.82, 2.24) is 15.3 Å². The lowest BCUT2D eigenvalue weighted by Crippen LogP contribution is -2.31. The third kappa shape index (κ3) is 4.82. The van der Waals surface area contributed by atoms with Crippen molar-refractivity contribution in [2.45, 2.75) is 32.9 Å². The largest absolute Gasteiger partial charge is 0.355 e. The number of hydrogen-bond donors (Lipinski definition) is 1. The van der Waals surface area contributed by atoms with E-state index in [1.54, 1.807) is 0 Å². The number of anilines is 1. The predicted octanol–water partition coefficient (Wildman–Crippen LogP) is 2.16. The van der Waals surface area contributed by atoms with Crippen molar-refractivity contribution in [3.05, 3.63) is 18.1 Å². The fraction of sp³-hybridized carbons (Fsp3) is 0.692. The van der Waals surface area contributed by atoms with Gasteiger partial charge in [0, 0.05) is 25.4 Å². The summed E-state index contributed by atoms with van der Waals surface area (Å²) in [4.78, 5) is 11.1. The Kier molecular flexibility index (Phi) is 7.05. The van der Waals surface area contributed by atoms with E-state index < -0.39 is 0 Å². The average Bonchev–Trinajstić information content (AvgIpc) is 2.39. The van der Waals surface area contributed by atoms with E-state index in [0.29, 0.717) is 6.04 Å². The third-order valence-electron chi connectivity index (χ3n) is 2.85. The number of thioether (sulfide) groups is 1. The normalized spacial score (nSPS) is 12.4. The van der Waals surface area contributed by atoms with Crippen LogP contribution in [0.15, 0.2) is 12.4 Å². The molecule has 1 heterocycles. The van der Waals surface area contributed by atoms with E-state index in [1.807, 2.05) is 24.2 Å². The Morgan fingerprint density at radius 2 is 2.17 bits per heavy atom. The van der Waals surface area contributed by atoms with Gasteiger partial charge in [-0.3, -0.25) is 4.98 Å². The molecular weight excluding hydrogens is 244 g/mol. The number of nitrogens with one attached hydrogen (secondary N) is 1. The van der Waals surface area contributed by atoms with Gasteiger partial charge in [-0.05, 0) is 26.1 Å². The first kappa shape index (κ1) is 15.2. The number of aromatic nitrogens is 2. The lowest BCUT2D eigenvalue weighted by Gasteiger charge is -2.25. The molecule has 0 spiro atoms. The third-order valence-corrected chi connectivity index (χ3v) is 3.67. The van der Waals surface area contributed by atoms with Crippen molar-refractivity contribution in [2.24, 2.45) is 0 Å². The fourth-order valence-electron chi connectivity index (χ4n) is 1.59. The molecular formula is C13H24N4S. The van der Waals surface area contributed by atoms with Crippen LogP contribution in [0.3, 0.4) is 0 Å². The van der Waals surface area contributed by atoms with Gasteiger partial charge in [0.05, 0.1) is 18.1 Å². The van der Waals surface area contributed by atoms with Crippen LogP contribution in [0.2, 0.25) is 0 Å². The Morgan fingerprint density at radius 1 is 1.39 bits per heavy atom. The van der Waals surface area contributed by atoms with Crippen molar-refractivity contribution in [3.8, 4) is 0 Å². The van der Waals surface area contributed by atoms with Crippen LogP contribution in [0.1, 0.15) is 26.0 Å². The molecule has 0 aliphatic carbocycles. The number of rotatable bonds is 8. The second kappa shape index (κ2) is 8.32. The summed E-state index contributed by atoms with van der Waals surface area (Å²) in [6.07, 6.45) is 6.99. The van der Waals surface area contributed by atoms with E-state index in [4.69, 9.17) is 0 Å². The Morgan fingerprint density at radius 3 is 2.72 bits per heavy atom. The highest BCUT2D eigenvalue weighted by Gasteiger charge is 2.10. The SMILES string of the molecule is CCCNCc1cnc(N(C)C(C)CSC)cn1. The molecule has 1 unspecified atom stereocenters. The van der Waals surface area contributed by atoms with Gasteiger partial charge in [-0.25, -0.2) is 4.98 Å². The molecule has 0 saturated carbocycles. The lowest BCUT2D eigenvalue weighted by molar-refractivity contribution is 0.660. The van der Waals surface area contributed by atoms with Crippen LogP contribution in [0.4, 0.5) is 5.82 Å². The molecule has 5 heteroatoms. The standard InChI is InChI=1S/C13H24N4S/c1-5-6-14-7-12-8-16-13(9-15-12)17(3)11(2)10-18-4/h8-9,11,14H,5-7,10H2,1-4H3. The highest BCUT2D eigenvalue weighted by molar-refractivity contribution is 7.98. The van der Waals surface area contributed by atoms with Crippen LogP contribution in [0, 0.1) is 0 Å². The molecule has 1 aromatic heterocycles. The zero-order valence-corrected chi connectivity index (χ0v) is 12.6. The van der Waals surface area contributed by atoms with Crippen molar-refractivity contribution < 1.29 is 0 Å². The molecule has 18 heavy (non-hydrogen) atoms. The van der Waals surface area contributed by atoms with E-state index >= 15 is 0 Å². The van der Waals surface area contributed by atoms with Gasteiger partial charge in [-0.2, -0.15) is 11.8 Å². The summed E-state index contributed by atoms with van der Waals surface area (Å²) in [5.74, 6) is 2.04. The quantitative estimate of drug-likeness (QED) is 0.732. The highest BCUT2D eigenvalue weighted by atomic mass is 32.2. The molecule has 0 bridgehead atoms. The Bertz CT molecular complexity index is 328. The maximum absolute atomic E-state index is 4.47. The predicted molar refractivity (Wildman–Crippen MR) is 80.3 cm³/mol. The van der Waals surface area contributed by atoms with Crippen LogP contribution in [0.5, 0.6) is 0 Å². The Hall–Kier alpha value is -0.810. The Labute approximate surface area is 115 Å². The summed E-state index contributed by atoms with van der Waals surface area (Å²) >= 11 is 1.85. The number of nitrogens with zero attached hydrogens (tertiary/aromatic N) is 3. The van der Waals surface area contributed by atoms with Gasteiger partial charge in [0.2, 0.25) is 0 Å². The smallest absolute Gasteiger partial charge is 0.147 e. The first-order valence-corrected chi connectivity index (χ1v) is 7.81. The molecule has 0 radical (unpaired) electrons. The van der Waals surface area contributed by atoms with Gasteiger partial charge in [0.25, 0.3) is 0 Å². The average molecular weight is 268 g/mol. The molecule has 1 atom stereocenters. The van der Waals surface area contributed by atoms with Gasteiger partial charge in [0.1, 0.15) is 5.82 Å². The van der Waals surface area contributed by atoms with Crippen LogP contribution >= 0.6 is 11.8 Å². The van der Waals surface area contributed by atoms with Crippen molar-refractivity contribution in [2.75, 3.05) is 30.5 Å². The molecule has 0 aromatic carbocycles. The van der Waals surface area contributed by atoms with E-state index in [2.05, 4.69) is 47.3 Å². The van der Waals surface area contributed by atoms with E-state index in [1.165, 1.54) is 0 Å². The molecule has 0 aliphatic rings. The van der Waals surface area contributed by atoms with Gasteiger partial charge < -0.3 is 10.2 Å². The minimum atomic E-state index is 0.471. The number of hydrogen-bond acceptors (Lipinski definition) is 5. The minimum Gasteiger partial charge on any atom is -0.355 e. The van der Waals surface area contributed by atoms with Crippen LogP contribution in [-0.4, -0.2) is 41.6 Å². The van der Waals surface area contributed by atoms with Gasteiger partial charge in [-0.1, -0.05) is 6.92 Å².